The van der Waals surface area contributed by atoms with Crippen LogP contribution in [0.25, 0.3) is 0 Å². The fourth-order valence-electron chi connectivity index (χ4n) is 0.468. The molecule has 4 nitrogen and oxygen atoms in total. The lowest BCUT2D eigenvalue weighted by Gasteiger charge is -2.02. The van der Waals surface area contributed by atoms with Crippen LogP contribution in [0.5, 0.6) is 0 Å². The highest BCUT2D eigenvalue weighted by atomic mass is 32.3. The van der Waals surface area contributed by atoms with Gasteiger partial charge in [0.15, 0.2) is 18.9 Å². The Balaban J connectivity index is 2.71. The molecule has 0 spiro atoms. The minimum atomic E-state index is -3.03. The standard InChI is InChI=1S/C3H6N2O2S3/c1-10(6,7)3-5-4-2(8)9-3/h3,5H,1H3,(H,4,8). The molecule has 1 rings (SSSR count). The summed E-state index contributed by atoms with van der Waals surface area (Å²) in [5.41, 5.74) is 5.07. The molecule has 58 valence electrons. The fraction of sp³-hybridized carbons (Fsp3) is 0.667. The Morgan fingerprint density at radius 2 is 2.30 bits per heavy atom. The molecule has 1 unspecified atom stereocenters. The van der Waals surface area contributed by atoms with Crippen LogP contribution in [0.1, 0.15) is 0 Å². The van der Waals surface area contributed by atoms with Crippen molar-refractivity contribution in [3.63, 3.8) is 0 Å². The third-order valence-electron chi connectivity index (χ3n) is 0.895. The maximum absolute atomic E-state index is 10.8. The van der Waals surface area contributed by atoms with Gasteiger partial charge >= 0.3 is 0 Å². The summed E-state index contributed by atoms with van der Waals surface area (Å²) in [5.74, 6) is 0. The van der Waals surface area contributed by atoms with Crippen LogP contribution in [0.4, 0.5) is 0 Å². The Morgan fingerprint density at radius 1 is 1.70 bits per heavy atom. The van der Waals surface area contributed by atoms with Gasteiger partial charge in [-0.3, -0.25) is 0 Å². The quantitative estimate of drug-likeness (QED) is 0.551. The molecule has 0 aromatic rings. The molecule has 1 aliphatic rings. The smallest absolute Gasteiger partial charge is 0.179 e. The molecular weight excluding hydrogens is 192 g/mol. The van der Waals surface area contributed by atoms with Gasteiger partial charge in [0.1, 0.15) is 0 Å². The van der Waals surface area contributed by atoms with Gasteiger partial charge in [-0.15, -0.1) is 0 Å². The van der Waals surface area contributed by atoms with E-state index >= 15 is 0 Å². The van der Waals surface area contributed by atoms with Crippen molar-refractivity contribution in [2.24, 2.45) is 0 Å². The predicted octanol–water partition coefficient (Wildman–Crippen LogP) is -0.559. The predicted molar refractivity (Wildman–Crippen MR) is 45.1 cm³/mol. The first-order chi connectivity index (χ1) is 4.50. The third kappa shape index (κ3) is 1.82. The second kappa shape index (κ2) is 2.65. The molecule has 0 aromatic carbocycles. The second-order valence-electron chi connectivity index (χ2n) is 1.84. The number of thiocarbonyl (C=S) groups is 1. The van der Waals surface area contributed by atoms with Crippen LogP contribution in [-0.2, 0) is 9.84 Å². The van der Waals surface area contributed by atoms with Gasteiger partial charge in [-0.2, -0.15) is 0 Å². The molecule has 7 heteroatoms. The van der Waals surface area contributed by atoms with E-state index in [1.54, 1.807) is 0 Å². The summed E-state index contributed by atoms with van der Waals surface area (Å²) in [4.78, 5) is 0. The summed E-state index contributed by atoms with van der Waals surface area (Å²) in [6.07, 6.45) is 1.16. The molecule has 0 amide bonds. The highest BCUT2D eigenvalue weighted by Crippen LogP contribution is 2.18. The fourth-order valence-corrected chi connectivity index (χ4v) is 2.69. The van der Waals surface area contributed by atoms with Crippen molar-refractivity contribution in [1.82, 2.24) is 10.9 Å². The van der Waals surface area contributed by atoms with Crippen molar-refractivity contribution in [1.29, 1.82) is 0 Å². The van der Waals surface area contributed by atoms with Crippen LogP contribution in [0.3, 0.4) is 0 Å². The zero-order valence-corrected chi connectivity index (χ0v) is 7.57. The molecule has 1 saturated heterocycles. The van der Waals surface area contributed by atoms with Crippen molar-refractivity contribution >= 4 is 38.1 Å². The van der Waals surface area contributed by atoms with Crippen molar-refractivity contribution in [2.45, 2.75) is 4.71 Å². The first-order valence-corrected chi connectivity index (χ1v) is 5.65. The van der Waals surface area contributed by atoms with Crippen molar-refractivity contribution < 1.29 is 8.42 Å². The number of hydrogen-bond donors (Lipinski definition) is 2. The van der Waals surface area contributed by atoms with E-state index in [1.165, 1.54) is 0 Å². The second-order valence-corrected chi connectivity index (χ2v) is 6.05. The molecule has 1 fully saturated rings. The normalized spacial score (nSPS) is 26.5. The Hall–Kier alpha value is 0.150. The van der Waals surface area contributed by atoms with Crippen LogP contribution < -0.4 is 10.9 Å². The lowest BCUT2D eigenvalue weighted by molar-refractivity contribution is 0.586. The maximum Gasteiger partial charge on any atom is 0.179 e. The van der Waals surface area contributed by atoms with Crippen LogP contribution in [0, 0.1) is 0 Å². The van der Waals surface area contributed by atoms with E-state index in [1.807, 2.05) is 0 Å². The summed E-state index contributed by atoms with van der Waals surface area (Å²) >= 11 is 5.78. The van der Waals surface area contributed by atoms with Crippen LogP contribution in [0.15, 0.2) is 0 Å². The van der Waals surface area contributed by atoms with Crippen molar-refractivity contribution in [2.75, 3.05) is 6.26 Å². The maximum atomic E-state index is 10.8. The number of hydrogen-bond acceptors (Lipinski definition) is 5. The van der Waals surface area contributed by atoms with Crippen molar-refractivity contribution in [3.8, 4) is 0 Å². The Morgan fingerprint density at radius 3 is 2.50 bits per heavy atom. The average Bonchev–Trinajstić information content (AvgIpc) is 2.11. The summed E-state index contributed by atoms with van der Waals surface area (Å²) in [7, 11) is -3.03. The first kappa shape index (κ1) is 8.25. The third-order valence-corrected chi connectivity index (χ3v) is 4.17. The van der Waals surface area contributed by atoms with Crippen molar-refractivity contribution in [3.05, 3.63) is 0 Å². The molecule has 0 aliphatic carbocycles. The van der Waals surface area contributed by atoms with Gasteiger partial charge < -0.3 is 5.43 Å². The Kier molecular flexibility index (Phi) is 2.18. The van der Waals surface area contributed by atoms with E-state index in [0.29, 0.717) is 4.32 Å². The van der Waals surface area contributed by atoms with E-state index in [4.69, 9.17) is 0 Å². The SMILES string of the molecule is CS(=O)(=O)C1NNC(=S)S1. The summed E-state index contributed by atoms with van der Waals surface area (Å²) in [6.45, 7) is 0. The van der Waals surface area contributed by atoms with Crippen LogP contribution in [0.2, 0.25) is 0 Å². The lowest BCUT2D eigenvalue weighted by Crippen LogP contribution is -2.35. The summed E-state index contributed by atoms with van der Waals surface area (Å²) in [5, 5.41) is 0. The van der Waals surface area contributed by atoms with E-state index in [9.17, 15) is 8.42 Å². The number of rotatable bonds is 1. The molecule has 2 N–H and O–H groups in total. The molecule has 1 heterocycles. The zero-order chi connectivity index (χ0) is 7.78. The van der Waals surface area contributed by atoms with E-state index in [2.05, 4.69) is 23.1 Å². The minimum absolute atomic E-state index is 0.468. The van der Waals surface area contributed by atoms with Gasteiger partial charge in [0, 0.05) is 6.26 Å². The Labute approximate surface area is 68.6 Å². The number of thioether (sulfide) groups is 1. The molecule has 10 heavy (non-hydrogen) atoms. The Bertz CT molecular complexity index is 246. The summed E-state index contributed by atoms with van der Waals surface area (Å²) < 4.78 is 21.4. The van der Waals surface area contributed by atoms with E-state index in [-0.39, 0.29) is 0 Å². The minimum Gasteiger partial charge on any atom is -0.305 e. The van der Waals surface area contributed by atoms with Gasteiger partial charge in [0.25, 0.3) is 0 Å². The monoisotopic (exact) mass is 198 g/mol. The highest BCUT2D eigenvalue weighted by Gasteiger charge is 2.27. The van der Waals surface area contributed by atoms with Crippen LogP contribution in [-0.4, -0.2) is 23.7 Å². The summed E-state index contributed by atoms with van der Waals surface area (Å²) in [6, 6.07) is 0. The molecule has 0 saturated carbocycles. The van der Waals surface area contributed by atoms with Gasteiger partial charge in [-0.1, -0.05) is 24.0 Å². The lowest BCUT2D eigenvalue weighted by atomic mass is 11.4. The molecule has 0 radical (unpaired) electrons. The molecule has 0 bridgehead atoms. The molecular formula is C3H6N2O2S3. The zero-order valence-electron chi connectivity index (χ0n) is 5.12. The van der Waals surface area contributed by atoms with E-state index in [0.717, 1.165) is 18.0 Å². The van der Waals surface area contributed by atoms with E-state index < -0.39 is 14.5 Å². The van der Waals surface area contributed by atoms with Gasteiger partial charge in [0.2, 0.25) is 0 Å². The number of sulfone groups is 1. The highest BCUT2D eigenvalue weighted by molar-refractivity contribution is 8.29. The molecule has 0 aromatic heterocycles. The number of hydrazine groups is 1. The molecule has 1 atom stereocenters. The van der Waals surface area contributed by atoms with Gasteiger partial charge in [-0.05, 0) is 0 Å². The average molecular weight is 198 g/mol. The first-order valence-electron chi connectivity index (χ1n) is 2.41. The largest absolute Gasteiger partial charge is 0.305 e. The van der Waals surface area contributed by atoms with Crippen LogP contribution >= 0.6 is 24.0 Å². The topological polar surface area (TPSA) is 58.2 Å². The molecule has 1 aliphatic heterocycles. The van der Waals surface area contributed by atoms with Gasteiger partial charge in [-0.25, -0.2) is 13.8 Å². The number of nitrogens with one attached hydrogen (secondary N) is 2. The van der Waals surface area contributed by atoms with Gasteiger partial charge in [0.05, 0.1) is 0 Å².